The van der Waals surface area contributed by atoms with Crippen molar-refractivity contribution in [3.05, 3.63) is 0 Å². The zero-order chi connectivity index (χ0) is 13.0. The highest BCUT2D eigenvalue weighted by atomic mass is 35.5. The highest BCUT2D eigenvalue weighted by molar-refractivity contribution is 6.17. The number of hydrogen-bond donors (Lipinski definition) is 0. The van der Waals surface area contributed by atoms with Crippen LogP contribution in [0.3, 0.4) is 0 Å². The fourth-order valence-electron chi connectivity index (χ4n) is 2.44. The van der Waals surface area contributed by atoms with Gasteiger partial charge in [0.15, 0.2) is 0 Å². The molecule has 0 aliphatic heterocycles. The molecule has 0 bridgehead atoms. The third kappa shape index (κ3) is 11.6. The van der Waals surface area contributed by atoms with Crippen LogP contribution in [0.4, 0.5) is 0 Å². The van der Waals surface area contributed by atoms with Gasteiger partial charge in [-0.15, -0.1) is 11.6 Å². The SMILES string of the molecule is CCCCCC[N+](C)(CCCCl)CCCCC.[Cl-]. The van der Waals surface area contributed by atoms with Crippen LogP contribution in [0.15, 0.2) is 0 Å². The van der Waals surface area contributed by atoms with Crippen molar-refractivity contribution in [3.8, 4) is 0 Å². The zero-order valence-electron chi connectivity index (χ0n) is 12.7. The first-order valence-electron chi connectivity index (χ1n) is 7.58. The van der Waals surface area contributed by atoms with E-state index in [1.54, 1.807) is 0 Å². The Hall–Kier alpha value is 0.540. The molecule has 1 nitrogen and oxygen atoms in total. The van der Waals surface area contributed by atoms with Crippen molar-refractivity contribution in [3.63, 3.8) is 0 Å². The van der Waals surface area contributed by atoms with Gasteiger partial charge < -0.3 is 16.9 Å². The van der Waals surface area contributed by atoms with Crippen LogP contribution in [-0.4, -0.2) is 37.0 Å². The molecule has 0 radical (unpaired) electrons. The largest absolute Gasteiger partial charge is 1.00 e. The summed E-state index contributed by atoms with van der Waals surface area (Å²) in [6.45, 7) is 8.52. The van der Waals surface area contributed by atoms with Crippen LogP contribution in [-0.2, 0) is 0 Å². The van der Waals surface area contributed by atoms with Gasteiger partial charge >= 0.3 is 0 Å². The molecule has 0 aromatic rings. The van der Waals surface area contributed by atoms with Crippen molar-refractivity contribution < 1.29 is 16.9 Å². The minimum atomic E-state index is 0. The molecule has 0 N–H and O–H groups in total. The number of quaternary nitrogens is 1. The van der Waals surface area contributed by atoms with Crippen LogP contribution in [0.5, 0.6) is 0 Å². The molecule has 1 atom stereocenters. The van der Waals surface area contributed by atoms with Crippen molar-refractivity contribution in [1.29, 1.82) is 0 Å². The smallest absolute Gasteiger partial charge is 0.0796 e. The molecule has 18 heavy (non-hydrogen) atoms. The van der Waals surface area contributed by atoms with Gasteiger partial charge in [0.05, 0.1) is 26.7 Å². The lowest BCUT2D eigenvalue weighted by molar-refractivity contribution is -0.910. The van der Waals surface area contributed by atoms with Crippen molar-refractivity contribution in [2.24, 2.45) is 0 Å². The van der Waals surface area contributed by atoms with E-state index >= 15 is 0 Å². The molecule has 0 aromatic carbocycles. The second kappa shape index (κ2) is 14.0. The fraction of sp³-hybridized carbons (Fsp3) is 1.00. The highest BCUT2D eigenvalue weighted by Gasteiger charge is 2.19. The van der Waals surface area contributed by atoms with Crippen molar-refractivity contribution in [2.75, 3.05) is 32.6 Å². The van der Waals surface area contributed by atoms with Gasteiger partial charge in [-0.05, 0) is 25.7 Å². The zero-order valence-corrected chi connectivity index (χ0v) is 14.2. The maximum Gasteiger partial charge on any atom is 0.0796 e. The molecule has 0 fully saturated rings. The number of nitrogens with zero attached hydrogens (tertiary/aromatic N) is 1. The summed E-state index contributed by atoms with van der Waals surface area (Å²) in [6.07, 6.45) is 10.8. The minimum Gasteiger partial charge on any atom is -1.00 e. The summed E-state index contributed by atoms with van der Waals surface area (Å²) >= 11 is 5.84. The van der Waals surface area contributed by atoms with Crippen LogP contribution >= 0.6 is 11.6 Å². The van der Waals surface area contributed by atoms with E-state index in [1.807, 2.05) is 0 Å². The lowest BCUT2D eigenvalue weighted by atomic mass is 10.1. The van der Waals surface area contributed by atoms with Gasteiger partial charge in [-0.1, -0.05) is 33.1 Å². The van der Waals surface area contributed by atoms with Crippen LogP contribution in [0.2, 0.25) is 0 Å². The molecule has 0 heterocycles. The Kier molecular flexibility index (Phi) is 16.2. The summed E-state index contributed by atoms with van der Waals surface area (Å²) in [5.41, 5.74) is 0. The van der Waals surface area contributed by atoms with E-state index in [4.69, 9.17) is 11.6 Å². The van der Waals surface area contributed by atoms with E-state index in [0.29, 0.717) is 0 Å². The molecule has 3 heteroatoms. The van der Waals surface area contributed by atoms with E-state index in [0.717, 1.165) is 12.3 Å². The topological polar surface area (TPSA) is 0 Å². The number of alkyl halides is 1. The number of unbranched alkanes of at least 4 members (excludes halogenated alkanes) is 5. The standard InChI is InChI=1S/C15H33ClN.ClH/c1-4-6-8-10-14-17(3,15-11-12-16)13-9-7-5-2;/h4-15H2,1-3H3;1H/q+1;/p-1. The highest BCUT2D eigenvalue weighted by Crippen LogP contribution is 2.12. The van der Waals surface area contributed by atoms with Crippen LogP contribution < -0.4 is 12.4 Å². The molecule has 0 aliphatic carbocycles. The number of halogens is 2. The van der Waals surface area contributed by atoms with Crippen molar-refractivity contribution in [2.45, 2.75) is 65.2 Å². The molecule has 0 saturated heterocycles. The Morgan fingerprint density at radius 2 is 1.17 bits per heavy atom. The third-order valence-corrected chi connectivity index (χ3v) is 3.95. The molecular formula is C15H33Cl2N. The van der Waals surface area contributed by atoms with Crippen LogP contribution in [0, 0.1) is 0 Å². The average molecular weight is 298 g/mol. The van der Waals surface area contributed by atoms with Gasteiger partial charge in [0.1, 0.15) is 0 Å². The quantitative estimate of drug-likeness (QED) is 0.293. The summed E-state index contributed by atoms with van der Waals surface area (Å²) in [4.78, 5) is 0. The maximum atomic E-state index is 5.84. The summed E-state index contributed by atoms with van der Waals surface area (Å²) in [7, 11) is 2.42. The Balaban J connectivity index is 0. The number of rotatable bonds is 12. The van der Waals surface area contributed by atoms with Crippen molar-refractivity contribution >= 4 is 11.6 Å². The first-order chi connectivity index (χ1) is 8.18. The summed E-state index contributed by atoms with van der Waals surface area (Å²) in [5.74, 6) is 0.816. The van der Waals surface area contributed by atoms with E-state index in [2.05, 4.69) is 20.9 Å². The van der Waals surface area contributed by atoms with E-state index in [9.17, 15) is 0 Å². The van der Waals surface area contributed by atoms with E-state index in [1.165, 1.54) is 69.1 Å². The Bertz CT molecular complexity index is 165. The van der Waals surface area contributed by atoms with Crippen LogP contribution in [0.1, 0.15) is 65.2 Å². The maximum absolute atomic E-state index is 5.84. The molecular weight excluding hydrogens is 265 g/mol. The van der Waals surface area contributed by atoms with E-state index in [-0.39, 0.29) is 12.4 Å². The number of hydrogen-bond acceptors (Lipinski definition) is 0. The molecule has 112 valence electrons. The van der Waals surface area contributed by atoms with Crippen LogP contribution in [0.25, 0.3) is 0 Å². The van der Waals surface area contributed by atoms with E-state index < -0.39 is 0 Å². The summed E-state index contributed by atoms with van der Waals surface area (Å²) in [6, 6.07) is 0. The predicted octanol–water partition coefficient (Wildman–Crippen LogP) is 1.84. The predicted molar refractivity (Wildman–Crippen MR) is 79.8 cm³/mol. The van der Waals surface area contributed by atoms with Gasteiger partial charge in [-0.25, -0.2) is 0 Å². The molecule has 0 spiro atoms. The van der Waals surface area contributed by atoms with Gasteiger partial charge in [0.25, 0.3) is 0 Å². The summed E-state index contributed by atoms with van der Waals surface area (Å²) < 4.78 is 1.25. The second-order valence-corrected chi connectivity index (χ2v) is 5.98. The van der Waals surface area contributed by atoms with Gasteiger partial charge in [0, 0.05) is 12.3 Å². The molecule has 0 aromatic heterocycles. The molecule has 0 amide bonds. The lowest BCUT2D eigenvalue weighted by Gasteiger charge is -2.35. The third-order valence-electron chi connectivity index (χ3n) is 3.68. The first-order valence-corrected chi connectivity index (χ1v) is 8.11. The molecule has 1 unspecified atom stereocenters. The van der Waals surface area contributed by atoms with Gasteiger partial charge in [0.2, 0.25) is 0 Å². The van der Waals surface area contributed by atoms with Gasteiger partial charge in [-0.3, -0.25) is 0 Å². The minimum absolute atomic E-state index is 0. The Labute approximate surface area is 126 Å². The Morgan fingerprint density at radius 3 is 1.67 bits per heavy atom. The summed E-state index contributed by atoms with van der Waals surface area (Å²) in [5, 5.41) is 0. The normalized spacial score (nSPS) is 14.0. The fourth-order valence-corrected chi connectivity index (χ4v) is 2.56. The molecule has 0 rings (SSSR count). The van der Waals surface area contributed by atoms with Crippen molar-refractivity contribution in [1.82, 2.24) is 0 Å². The van der Waals surface area contributed by atoms with Gasteiger partial charge in [-0.2, -0.15) is 0 Å². The average Bonchev–Trinajstić information content (AvgIpc) is 2.33. The molecule has 0 aliphatic rings. The first kappa shape index (κ1) is 20.8. The lowest BCUT2D eigenvalue weighted by Crippen LogP contribution is -3.00. The Morgan fingerprint density at radius 1 is 0.722 bits per heavy atom. The second-order valence-electron chi connectivity index (χ2n) is 5.60. The monoisotopic (exact) mass is 297 g/mol. The molecule has 0 saturated carbocycles.